The minimum absolute atomic E-state index is 0.111. The maximum atomic E-state index is 5.91. The first-order valence-corrected chi connectivity index (χ1v) is 6.71. The number of aryl methyl sites for hydroxylation is 2. The second-order valence-corrected chi connectivity index (χ2v) is 5.63. The molecule has 1 aromatic rings. The fourth-order valence-corrected chi connectivity index (χ4v) is 2.27. The number of nitrogens with two attached hydrogens (primary N) is 1. The van der Waals surface area contributed by atoms with Gasteiger partial charge in [0.2, 0.25) is 0 Å². The lowest BCUT2D eigenvalue weighted by molar-refractivity contribution is 0.406. The Balaban J connectivity index is 2.90. The average molecular weight is 250 g/mol. The molecule has 18 heavy (non-hydrogen) atoms. The van der Waals surface area contributed by atoms with Crippen LogP contribution in [-0.2, 0) is 6.42 Å². The highest BCUT2D eigenvalue weighted by Gasteiger charge is 2.24. The van der Waals surface area contributed by atoms with Crippen LogP contribution in [0, 0.1) is 12.8 Å². The van der Waals surface area contributed by atoms with Crippen LogP contribution in [0.15, 0.2) is 6.07 Å². The van der Waals surface area contributed by atoms with E-state index in [1.165, 1.54) is 0 Å². The summed E-state index contributed by atoms with van der Waals surface area (Å²) in [4.78, 5) is 8.83. The van der Waals surface area contributed by atoms with E-state index in [-0.39, 0.29) is 5.54 Å². The van der Waals surface area contributed by atoms with Gasteiger partial charge in [-0.15, -0.1) is 0 Å². The molecule has 4 nitrogen and oxygen atoms in total. The standard InChI is InChI=1S/C14H26N4/c1-6-12-7-13(17-11(4)16-12)18-14(5,9-15)8-10(2)3/h7,10H,6,8-9,15H2,1-5H3,(H,16,17,18). The van der Waals surface area contributed by atoms with Gasteiger partial charge in [-0.3, -0.25) is 0 Å². The van der Waals surface area contributed by atoms with Crippen molar-refractivity contribution in [1.29, 1.82) is 0 Å². The number of nitrogens with one attached hydrogen (secondary N) is 1. The van der Waals surface area contributed by atoms with Crippen molar-refractivity contribution in [1.82, 2.24) is 9.97 Å². The lowest BCUT2D eigenvalue weighted by Crippen LogP contribution is -2.44. The van der Waals surface area contributed by atoms with Crippen molar-refractivity contribution in [3.63, 3.8) is 0 Å². The molecule has 0 amide bonds. The lowest BCUT2D eigenvalue weighted by atomic mass is 9.91. The van der Waals surface area contributed by atoms with Crippen molar-refractivity contribution in [2.75, 3.05) is 11.9 Å². The highest BCUT2D eigenvalue weighted by Crippen LogP contribution is 2.21. The maximum absolute atomic E-state index is 5.91. The Hall–Kier alpha value is -1.16. The monoisotopic (exact) mass is 250 g/mol. The van der Waals surface area contributed by atoms with Gasteiger partial charge in [-0.2, -0.15) is 0 Å². The molecule has 1 aromatic heterocycles. The van der Waals surface area contributed by atoms with Gasteiger partial charge in [0.25, 0.3) is 0 Å². The SMILES string of the molecule is CCc1cc(NC(C)(CN)CC(C)C)nc(C)n1. The van der Waals surface area contributed by atoms with Gasteiger partial charge in [-0.25, -0.2) is 9.97 Å². The van der Waals surface area contributed by atoms with Crippen LogP contribution in [-0.4, -0.2) is 22.1 Å². The van der Waals surface area contributed by atoms with Crippen molar-refractivity contribution in [2.24, 2.45) is 11.7 Å². The average Bonchev–Trinajstić information content (AvgIpc) is 2.26. The quantitative estimate of drug-likeness (QED) is 0.814. The van der Waals surface area contributed by atoms with Gasteiger partial charge in [0.1, 0.15) is 11.6 Å². The zero-order chi connectivity index (χ0) is 13.8. The van der Waals surface area contributed by atoms with Crippen LogP contribution in [0.1, 0.15) is 45.6 Å². The van der Waals surface area contributed by atoms with E-state index in [2.05, 4.69) is 43.0 Å². The van der Waals surface area contributed by atoms with Crippen LogP contribution in [0.4, 0.5) is 5.82 Å². The summed E-state index contributed by atoms with van der Waals surface area (Å²) < 4.78 is 0. The van der Waals surface area contributed by atoms with Gasteiger partial charge in [0.05, 0.1) is 0 Å². The molecule has 0 fully saturated rings. The largest absolute Gasteiger partial charge is 0.364 e. The van der Waals surface area contributed by atoms with Crippen molar-refractivity contribution in [2.45, 2.75) is 53.0 Å². The molecule has 1 rings (SSSR count). The van der Waals surface area contributed by atoms with Crippen molar-refractivity contribution in [3.8, 4) is 0 Å². The number of hydrogen-bond donors (Lipinski definition) is 2. The molecule has 0 saturated carbocycles. The first-order valence-electron chi connectivity index (χ1n) is 6.71. The van der Waals surface area contributed by atoms with E-state index in [4.69, 9.17) is 5.73 Å². The summed E-state index contributed by atoms with van der Waals surface area (Å²) in [6.45, 7) is 11.2. The Kier molecular flexibility index (Phi) is 5.08. The van der Waals surface area contributed by atoms with E-state index in [1.807, 2.05) is 13.0 Å². The molecule has 0 aliphatic rings. The normalized spacial score (nSPS) is 14.6. The third-order valence-corrected chi connectivity index (χ3v) is 2.99. The fraction of sp³-hybridized carbons (Fsp3) is 0.714. The smallest absolute Gasteiger partial charge is 0.130 e. The third kappa shape index (κ3) is 4.26. The van der Waals surface area contributed by atoms with E-state index in [0.717, 1.165) is 30.2 Å². The summed E-state index contributed by atoms with van der Waals surface area (Å²) in [5.41, 5.74) is 6.86. The Labute approximate surface area is 110 Å². The molecule has 0 aliphatic heterocycles. The highest BCUT2D eigenvalue weighted by molar-refractivity contribution is 5.39. The summed E-state index contributed by atoms with van der Waals surface area (Å²) in [6.07, 6.45) is 1.94. The topological polar surface area (TPSA) is 63.8 Å². The predicted octanol–water partition coefficient (Wildman–Crippen LogP) is 2.52. The zero-order valence-corrected chi connectivity index (χ0v) is 12.2. The third-order valence-electron chi connectivity index (χ3n) is 2.99. The summed E-state index contributed by atoms with van der Waals surface area (Å²) in [7, 11) is 0. The molecular weight excluding hydrogens is 224 g/mol. The molecule has 1 unspecified atom stereocenters. The van der Waals surface area contributed by atoms with Gasteiger partial charge in [-0.05, 0) is 32.6 Å². The van der Waals surface area contributed by atoms with Gasteiger partial charge < -0.3 is 11.1 Å². The van der Waals surface area contributed by atoms with Crippen molar-refractivity contribution < 1.29 is 0 Å². The molecule has 0 bridgehead atoms. The van der Waals surface area contributed by atoms with Gasteiger partial charge in [0.15, 0.2) is 0 Å². The minimum atomic E-state index is -0.111. The second kappa shape index (κ2) is 6.14. The molecule has 0 spiro atoms. The van der Waals surface area contributed by atoms with E-state index < -0.39 is 0 Å². The maximum Gasteiger partial charge on any atom is 0.130 e. The highest BCUT2D eigenvalue weighted by atomic mass is 15.1. The van der Waals surface area contributed by atoms with Crippen LogP contribution in [0.2, 0.25) is 0 Å². The van der Waals surface area contributed by atoms with Crippen LogP contribution < -0.4 is 11.1 Å². The Morgan fingerprint density at radius 1 is 1.39 bits per heavy atom. The molecular formula is C14H26N4. The van der Waals surface area contributed by atoms with Gasteiger partial charge >= 0.3 is 0 Å². The van der Waals surface area contributed by atoms with Gasteiger partial charge in [0, 0.05) is 23.8 Å². The van der Waals surface area contributed by atoms with E-state index in [1.54, 1.807) is 0 Å². The van der Waals surface area contributed by atoms with Crippen LogP contribution >= 0.6 is 0 Å². The Morgan fingerprint density at radius 3 is 2.56 bits per heavy atom. The van der Waals surface area contributed by atoms with E-state index in [0.29, 0.717) is 12.5 Å². The molecule has 3 N–H and O–H groups in total. The predicted molar refractivity (Wildman–Crippen MR) is 76.7 cm³/mol. The van der Waals surface area contributed by atoms with Crippen LogP contribution in [0.5, 0.6) is 0 Å². The van der Waals surface area contributed by atoms with Gasteiger partial charge in [-0.1, -0.05) is 20.8 Å². The molecule has 4 heteroatoms. The summed E-state index contributed by atoms with van der Waals surface area (Å²) in [5.74, 6) is 2.29. The number of aromatic nitrogens is 2. The first-order chi connectivity index (χ1) is 8.38. The molecule has 0 saturated heterocycles. The van der Waals surface area contributed by atoms with Crippen LogP contribution in [0.3, 0.4) is 0 Å². The fourth-order valence-electron chi connectivity index (χ4n) is 2.27. The minimum Gasteiger partial charge on any atom is -0.364 e. The second-order valence-electron chi connectivity index (χ2n) is 5.63. The summed E-state index contributed by atoms with van der Waals surface area (Å²) in [5, 5.41) is 3.48. The molecule has 0 radical (unpaired) electrons. The molecule has 1 atom stereocenters. The van der Waals surface area contributed by atoms with E-state index >= 15 is 0 Å². The van der Waals surface area contributed by atoms with Crippen molar-refractivity contribution >= 4 is 5.82 Å². The number of rotatable bonds is 6. The lowest BCUT2D eigenvalue weighted by Gasteiger charge is -2.32. The number of anilines is 1. The Bertz CT molecular complexity index is 389. The van der Waals surface area contributed by atoms with Crippen LogP contribution in [0.25, 0.3) is 0 Å². The number of nitrogens with zero attached hydrogens (tertiary/aromatic N) is 2. The summed E-state index contributed by atoms with van der Waals surface area (Å²) in [6, 6.07) is 2.02. The molecule has 102 valence electrons. The van der Waals surface area contributed by atoms with Crippen molar-refractivity contribution in [3.05, 3.63) is 17.6 Å². The zero-order valence-electron chi connectivity index (χ0n) is 12.2. The molecule has 1 heterocycles. The number of hydrogen-bond acceptors (Lipinski definition) is 4. The molecule has 0 aliphatic carbocycles. The Morgan fingerprint density at radius 2 is 2.06 bits per heavy atom. The van der Waals surface area contributed by atoms with E-state index in [9.17, 15) is 0 Å². The summed E-state index contributed by atoms with van der Waals surface area (Å²) >= 11 is 0. The first kappa shape index (κ1) is 14.9. The molecule has 0 aromatic carbocycles.